The second-order valence-corrected chi connectivity index (χ2v) is 3.46. The lowest BCUT2D eigenvalue weighted by Crippen LogP contribution is -2.41. The Kier molecular flexibility index (Phi) is 3.66. The Morgan fingerprint density at radius 1 is 1.54 bits per heavy atom. The van der Waals surface area contributed by atoms with Crippen LogP contribution in [0.2, 0.25) is 0 Å². The molecule has 0 aromatic carbocycles. The summed E-state index contributed by atoms with van der Waals surface area (Å²) >= 11 is 0. The molecular weight excluding hydrogens is 170 g/mol. The molecule has 0 aromatic rings. The lowest BCUT2D eigenvalue weighted by molar-refractivity contribution is -0.153. The zero-order valence-electron chi connectivity index (χ0n) is 7.96. The van der Waals surface area contributed by atoms with Gasteiger partial charge in [-0.2, -0.15) is 0 Å². The third-order valence-corrected chi connectivity index (χ3v) is 2.07. The summed E-state index contributed by atoms with van der Waals surface area (Å²) in [7, 11) is 0. The van der Waals surface area contributed by atoms with E-state index in [9.17, 15) is 9.59 Å². The van der Waals surface area contributed by atoms with Crippen LogP contribution in [-0.4, -0.2) is 17.0 Å². The number of rotatable bonds is 5. The SMILES string of the molecule is C=C(C)CCC(C)(C(N)=O)C(=O)O. The van der Waals surface area contributed by atoms with Crippen LogP contribution in [0.5, 0.6) is 0 Å². The molecule has 0 fully saturated rings. The van der Waals surface area contributed by atoms with Gasteiger partial charge in [-0.1, -0.05) is 5.57 Å². The summed E-state index contributed by atoms with van der Waals surface area (Å²) in [6.45, 7) is 6.75. The van der Waals surface area contributed by atoms with Crippen LogP contribution in [-0.2, 0) is 9.59 Å². The van der Waals surface area contributed by atoms with Gasteiger partial charge >= 0.3 is 5.97 Å². The van der Waals surface area contributed by atoms with Crippen molar-refractivity contribution in [3.63, 3.8) is 0 Å². The largest absolute Gasteiger partial charge is 0.480 e. The molecule has 13 heavy (non-hydrogen) atoms. The number of primary amides is 1. The lowest BCUT2D eigenvalue weighted by atomic mass is 9.84. The van der Waals surface area contributed by atoms with Gasteiger partial charge in [-0.3, -0.25) is 9.59 Å². The third-order valence-electron chi connectivity index (χ3n) is 2.07. The highest BCUT2D eigenvalue weighted by Crippen LogP contribution is 2.24. The Hall–Kier alpha value is -1.32. The highest BCUT2D eigenvalue weighted by molar-refractivity contribution is 6.00. The van der Waals surface area contributed by atoms with Gasteiger partial charge in [0.05, 0.1) is 0 Å². The van der Waals surface area contributed by atoms with Crippen molar-refractivity contribution in [1.29, 1.82) is 0 Å². The summed E-state index contributed by atoms with van der Waals surface area (Å²) < 4.78 is 0. The van der Waals surface area contributed by atoms with Crippen molar-refractivity contribution in [2.75, 3.05) is 0 Å². The first-order valence-electron chi connectivity index (χ1n) is 3.98. The molecule has 0 aliphatic carbocycles. The van der Waals surface area contributed by atoms with Gasteiger partial charge in [-0.25, -0.2) is 0 Å². The van der Waals surface area contributed by atoms with Gasteiger partial charge in [0.15, 0.2) is 0 Å². The second-order valence-electron chi connectivity index (χ2n) is 3.46. The van der Waals surface area contributed by atoms with Crippen LogP contribution in [0.25, 0.3) is 0 Å². The number of aliphatic carboxylic acids is 1. The molecule has 1 atom stereocenters. The van der Waals surface area contributed by atoms with Crippen molar-refractivity contribution in [2.45, 2.75) is 26.7 Å². The maximum atomic E-state index is 10.9. The van der Waals surface area contributed by atoms with E-state index in [0.29, 0.717) is 6.42 Å². The average molecular weight is 185 g/mol. The molecule has 0 radical (unpaired) electrons. The van der Waals surface area contributed by atoms with Crippen molar-refractivity contribution in [3.8, 4) is 0 Å². The number of carbonyl (C=O) groups excluding carboxylic acids is 1. The lowest BCUT2D eigenvalue weighted by Gasteiger charge is -2.20. The van der Waals surface area contributed by atoms with Gasteiger partial charge in [0.25, 0.3) is 0 Å². The van der Waals surface area contributed by atoms with E-state index in [1.807, 2.05) is 0 Å². The molecule has 0 heterocycles. The van der Waals surface area contributed by atoms with E-state index in [1.165, 1.54) is 6.92 Å². The van der Waals surface area contributed by atoms with Crippen molar-refractivity contribution < 1.29 is 14.7 Å². The first-order chi connectivity index (χ1) is 5.80. The van der Waals surface area contributed by atoms with Crippen LogP contribution in [0.4, 0.5) is 0 Å². The normalized spacial score (nSPS) is 14.6. The molecule has 3 N–H and O–H groups in total. The van der Waals surface area contributed by atoms with Gasteiger partial charge in [-0.05, 0) is 26.7 Å². The maximum absolute atomic E-state index is 10.9. The topological polar surface area (TPSA) is 80.4 Å². The van der Waals surface area contributed by atoms with Crippen LogP contribution < -0.4 is 5.73 Å². The van der Waals surface area contributed by atoms with Gasteiger partial charge in [0.1, 0.15) is 5.41 Å². The summed E-state index contributed by atoms with van der Waals surface area (Å²) in [5, 5.41) is 8.79. The standard InChI is InChI=1S/C9H15NO3/c1-6(2)4-5-9(3,7(10)11)8(12)13/h1,4-5H2,2-3H3,(H2,10,11)(H,12,13). The minimum absolute atomic E-state index is 0.201. The molecule has 74 valence electrons. The van der Waals surface area contributed by atoms with E-state index in [0.717, 1.165) is 5.57 Å². The number of hydrogen-bond donors (Lipinski definition) is 2. The Morgan fingerprint density at radius 3 is 2.23 bits per heavy atom. The van der Waals surface area contributed by atoms with E-state index in [1.54, 1.807) is 6.92 Å². The van der Waals surface area contributed by atoms with Crippen LogP contribution in [0, 0.1) is 5.41 Å². The molecule has 1 amide bonds. The third kappa shape index (κ3) is 2.89. The highest BCUT2D eigenvalue weighted by Gasteiger charge is 2.38. The number of hydrogen-bond acceptors (Lipinski definition) is 2. The molecule has 1 unspecified atom stereocenters. The average Bonchev–Trinajstić information content (AvgIpc) is 1.99. The number of carbonyl (C=O) groups is 2. The summed E-state index contributed by atoms with van der Waals surface area (Å²) in [5.74, 6) is -1.98. The molecule has 0 saturated heterocycles. The van der Waals surface area contributed by atoms with Crippen LogP contribution in [0.15, 0.2) is 12.2 Å². The van der Waals surface area contributed by atoms with E-state index in [2.05, 4.69) is 6.58 Å². The molecule has 4 heteroatoms. The minimum atomic E-state index is -1.47. The van der Waals surface area contributed by atoms with Crippen LogP contribution in [0.1, 0.15) is 26.7 Å². The number of nitrogens with two attached hydrogens (primary N) is 1. The van der Waals surface area contributed by atoms with E-state index in [-0.39, 0.29) is 6.42 Å². The van der Waals surface area contributed by atoms with Crippen molar-refractivity contribution in [3.05, 3.63) is 12.2 Å². The summed E-state index contributed by atoms with van der Waals surface area (Å²) in [5.41, 5.74) is 4.38. The molecule has 0 saturated carbocycles. The number of carboxylic acids is 1. The van der Waals surface area contributed by atoms with Gasteiger partial charge in [0.2, 0.25) is 5.91 Å². The molecule has 0 spiro atoms. The maximum Gasteiger partial charge on any atom is 0.318 e. The Morgan fingerprint density at radius 2 is 2.00 bits per heavy atom. The smallest absolute Gasteiger partial charge is 0.318 e. The van der Waals surface area contributed by atoms with E-state index in [4.69, 9.17) is 10.8 Å². The molecule has 4 nitrogen and oxygen atoms in total. The first kappa shape index (κ1) is 11.7. The highest BCUT2D eigenvalue weighted by atomic mass is 16.4. The Bertz CT molecular complexity index is 231. The van der Waals surface area contributed by atoms with Gasteiger partial charge in [0, 0.05) is 0 Å². The van der Waals surface area contributed by atoms with Crippen molar-refractivity contribution in [2.24, 2.45) is 11.1 Å². The predicted molar refractivity (Wildman–Crippen MR) is 49.0 cm³/mol. The predicted octanol–water partition coefficient (Wildman–Crippen LogP) is 0.919. The summed E-state index contributed by atoms with van der Waals surface area (Å²) in [4.78, 5) is 21.6. The monoisotopic (exact) mass is 185 g/mol. The minimum Gasteiger partial charge on any atom is -0.480 e. The number of amides is 1. The summed E-state index contributed by atoms with van der Waals surface area (Å²) in [6.07, 6.45) is 0.693. The fourth-order valence-electron chi connectivity index (χ4n) is 0.799. The molecule has 0 aromatic heterocycles. The quantitative estimate of drug-likeness (QED) is 0.493. The molecule has 0 aliphatic rings. The van der Waals surface area contributed by atoms with E-state index < -0.39 is 17.3 Å². The molecule has 0 rings (SSSR count). The fourth-order valence-corrected chi connectivity index (χ4v) is 0.799. The molecule has 0 bridgehead atoms. The zero-order chi connectivity index (χ0) is 10.6. The van der Waals surface area contributed by atoms with Gasteiger partial charge in [-0.15, -0.1) is 6.58 Å². The zero-order valence-corrected chi connectivity index (χ0v) is 7.96. The first-order valence-corrected chi connectivity index (χ1v) is 3.98. The fraction of sp³-hybridized carbons (Fsp3) is 0.556. The molecule has 0 aliphatic heterocycles. The number of carboxylic acid groups (broad SMARTS) is 1. The summed E-state index contributed by atoms with van der Waals surface area (Å²) in [6, 6.07) is 0. The van der Waals surface area contributed by atoms with Gasteiger partial charge < -0.3 is 10.8 Å². The molecular formula is C9H15NO3. The Balaban J connectivity index is 4.52. The van der Waals surface area contributed by atoms with Crippen LogP contribution >= 0.6 is 0 Å². The van der Waals surface area contributed by atoms with E-state index >= 15 is 0 Å². The number of allylic oxidation sites excluding steroid dienone is 1. The van der Waals surface area contributed by atoms with Crippen LogP contribution in [0.3, 0.4) is 0 Å². The Labute approximate surface area is 77.4 Å². The second kappa shape index (κ2) is 4.07. The van der Waals surface area contributed by atoms with Crippen molar-refractivity contribution >= 4 is 11.9 Å². The van der Waals surface area contributed by atoms with Crippen molar-refractivity contribution in [1.82, 2.24) is 0 Å².